The van der Waals surface area contributed by atoms with Gasteiger partial charge in [0.15, 0.2) is 16.7 Å². The van der Waals surface area contributed by atoms with Crippen molar-refractivity contribution in [2.24, 2.45) is 0 Å². The van der Waals surface area contributed by atoms with Crippen LogP contribution >= 0.6 is 11.3 Å². The molecule has 3 amide bonds. The number of carbonyl (C=O) groups is 3. The van der Waals surface area contributed by atoms with Crippen molar-refractivity contribution in [2.75, 3.05) is 42.7 Å². The second kappa shape index (κ2) is 13.9. The van der Waals surface area contributed by atoms with E-state index < -0.39 is 52.7 Å². The standard InChI is InChI=1S/C30H27F5N8O4S/c1-15-8-9-16(25(44)41-28-37-11-13-48-28)23(47-26(45)30(33,34)35)20(15)21-17-14-38-29(46)43(22-18(31)6-4-7-19(22)32)24(17)40-27(39-21)36-10-5-12-42(2)3/h4,6-9,11,13H,5,10,12,14H2,1-3H3,(H,38,46)(H,36,39,40)(H,37,41,44). The average molecular weight is 691 g/mol. The van der Waals surface area contributed by atoms with E-state index >= 15 is 8.78 Å². The zero-order valence-electron chi connectivity index (χ0n) is 25.5. The zero-order chi connectivity index (χ0) is 34.7. The number of carbonyl (C=O) groups excluding carboxylic acids is 3. The lowest BCUT2D eigenvalue weighted by molar-refractivity contribution is -0.189. The van der Waals surface area contributed by atoms with Crippen LogP contribution in [0.2, 0.25) is 0 Å². The summed E-state index contributed by atoms with van der Waals surface area (Å²) < 4.78 is 75.8. The summed E-state index contributed by atoms with van der Waals surface area (Å²) in [5, 5.41) is 9.58. The Bertz CT molecular complexity index is 1850. The molecule has 48 heavy (non-hydrogen) atoms. The number of esters is 1. The molecule has 1 aliphatic heterocycles. The maximum absolute atomic E-state index is 15.1. The molecule has 0 aliphatic carbocycles. The summed E-state index contributed by atoms with van der Waals surface area (Å²) in [4.78, 5) is 54.3. The quantitative estimate of drug-likeness (QED) is 0.0836. The molecule has 2 aromatic carbocycles. The van der Waals surface area contributed by atoms with E-state index in [9.17, 15) is 27.6 Å². The molecule has 12 nitrogen and oxygen atoms in total. The van der Waals surface area contributed by atoms with E-state index in [4.69, 9.17) is 4.74 Å². The number of hydrogen-bond donors (Lipinski definition) is 3. The van der Waals surface area contributed by atoms with Gasteiger partial charge in [-0.1, -0.05) is 12.1 Å². The van der Waals surface area contributed by atoms with E-state index in [0.717, 1.165) is 35.6 Å². The monoisotopic (exact) mass is 690 g/mol. The van der Waals surface area contributed by atoms with E-state index in [2.05, 4.69) is 30.9 Å². The number of ether oxygens (including phenoxy) is 1. The highest BCUT2D eigenvalue weighted by molar-refractivity contribution is 7.13. The summed E-state index contributed by atoms with van der Waals surface area (Å²) in [6.07, 6.45) is -3.49. The van der Waals surface area contributed by atoms with Gasteiger partial charge in [-0.2, -0.15) is 18.2 Å². The Hall–Kier alpha value is -5.23. The van der Waals surface area contributed by atoms with Gasteiger partial charge in [0, 0.05) is 29.2 Å². The lowest BCUT2D eigenvalue weighted by atomic mass is 9.96. The van der Waals surface area contributed by atoms with Crippen molar-refractivity contribution in [3.8, 4) is 17.0 Å². The predicted octanol–water partition coefficient (Wildman–Crippen LogP) is 5.63. The maximum Gasteiger partial charge on any atom is 0.491 e. The number of benzene rings is 2. The van der Waals surface area contributed by atoms with Crippen molar-refractivity contribution < 1.29 is 41.1 Å². The number of hydrogen-bond acceptors (Lipinski definition) is 10. The molecule has 0 radical (unpaired) electrons. The van der Waals surface area contributed by atoms with E-state index in [1.807, 2.05) is 19.0 Å². The first-order valence-corrected chi connectivity index (χ1v) is 15.1. The number of nitrogens with zero attached hydrogens (tertiary/aromatic N) is 5. The highest BCUT2D eigenvalue weighted by atomic mass is 32.1. The van der Waals surface area contributed by atoms with E-state index in [1.54, 1.807) is 5.38 Å². The third-order valence-electron chi connectivity index (χ3n) is 6.97. The normalized spacial score (nSPS) is 12.9. The van der Waals surface area contributed by atoms with Gasteiger partial charge in [-0.3, -0.25) is 10.1 Å². The molecular weight excluding hydrogens is 663 g/mol. The van der Waals surface area contributed by atoms with E-state index in [1.165, 1.54) is 19.2 Å². The Morgan fingerprint density at radius 2 is 1.85 bits per heavy atom. The summed E-state index contributed by atoms with van der Waals surface area (Å²) in [5.74, 6) is -7.04. The molecule has 0 saturated heterocycles. The van der Waals surface area contributed by atoms with Gasteiger partial charge in [-0.05, 0) is 57.7 Å². The molecule has 3 N–H and O–H groups in total. The van der Waals surface area contributed by atoms with Crippen molar-refractivity contribution in [3.63, 3.8) is 0 Å². The number of aryl methyl sites for hydroxylation is 1. The van der Waals surface area contributed by atoms with Crippen LogP contribution in [-0.4, -0.2) is 71.1 Å². The van der Waals surface area contributed by atoms with Gasteiger partial charge < -0.3 is 20.3 Å². The first-order chi connectivity index (χ1) is 22.8. The van der Waals surface area contributed by atoms with Crippen molar-refractivity contribution in [1.82, 2.24) is 25.2 Å². The van der Waals surface area contributed by atoms with Crippen LogP contribution in [0.15, 0.2) is 41.9 Å². The fraction of sp³-hybridized carbons (Fsp3) is 0.267. The Kier molecular flexibility index (Phi) is 9.85. The number of para-hydroxylation sites is 1. The van der Waals surface area contributed by atoms with Crippen LogP contribution in [0.3, 0.4) is 0 Å². The van der Waals surface area contributed by atoms with Gasteiger partial charge in [0.05, 0.1) is 17.8 Å². The van der Waals surface area contributed by atoms with E-state index in [0.29, 0.717) is 17.9 Å². The van der Waals surface area contributed by atoms with Gasteiger partial charge in [-0.25, -0.2) is 33.2 Å². The van der Waals surface area contributed by atoms with E-state index in [-0.39, 0.29) is 52.4 Å². The Labute approximate surface area is 274 Å². The molecule has 0 bridgehead atoms. The Morgan fingerprint density at radius 1 is 1.12 bits per heavy atom. The zero-order valence-corrected chi connectivity index (χ0v) is 26.4. The van der Waals surface area contributed by atoms with Crippen LogP contribution in [0.25, 0.3) is 11.3 Å². The molecule has 252 valence electrons. The fourth-order valence-corrected chi connectivity index (χ4v) is 5.33. The molecule has 0 saturated carbocycles. The molecule has 3 heterocycles. The summed E-state index contributed by atoms with van der Waals surface area (Å²) in [6, 6.07) is 4.58. The van der Waals surface area contributed by atoms with Crippen molar-refractivity contribution >= 4 is 51.8 Å². The van der Waals surface area contributed by atoms with Crippen LogP contribution in [0.1, 0.15) is 27.9 Å². The van der Waals surface area contributed by atoms with Gasteiger partial charge >= 0.3 is 18.2 Å². The molecule has 4 aromatic rings. The summed E-state index contributed by atoms with van der Waals surface area (Å²) in [5.41, 5.74) is -1.46. The lowest BCUT2D eigenvalue weighted by Crippen LogP contribution is -2.43. The number of anilines is 4. The molecule has 0 fully saturated rings. The van der Waals surface area contributed by atoms with Crippen LogP contribution in [0.5, 0.6) is 5.75 Å². The molecule has 0 unspecified atom stereocenters. The van der Waals surface area contributed by atoms with Crippen LogP contribution in [-0.2, 0) is 11.3 Å². The molecule has 0 spiro atoms. The lowest BCUT2D eigenvalue weighted by Gasteiger charge is -2.31. The molecule has 18 heteroatoms. The van der Waals surface area contributed by atoms with Gasteiger partial charge in [0.2, 0.25) is 5.95 Å². The minimum Gasteiger partial charge on any atom is -0.418 e. The number of urea groups is 1. The topological polar surface area (TPSA) is 142 Å². The van der Waals surface area contributed by atoms with Gasteiger partial charge in [0.25, 0.3) is 5.91 Å². The number of rotatable bonds is 10. The summed E-state index contributed by atoms with van der Waals surface area (Å²) in [7, 11) is 3.72. The molecule has 0 atom stereocenters. The summed E-state index contributed by atoms with van der Waals surface area (Å²) >= 11 is 1.04. The fourth-order valence-electron chi connectivity index (χ4n) is 4.81. The number of alkyl halides is 3. The maximum atomic E-state index is 15.1. The predicted molar refractivity (Wildman–Crippen MR) is 166 cm³/mol. The minimum atomic E-state index is -5.46. The number of aromatic nitrogens is 3. The van der Waals surface area contributed by atoms with Crippen molar-refractivity contribution in [3.05, 3.63) is 70.2 Å². The average Bonchev–Trinajstić information content (AvgIpc) is 3.52. The van der Waals surface area contributed by atoms with Crippen LogP contribution in [0.4, 0.5) is 49.3 Å². The van der Waals surface area contributed by atoms with Gasteiger partial charge in [-0.15, -0.1) is 11.3 Å². The van der Waals surface area contributed by atoms with Crippen molar-refractivity contribution in [2.45, 2.75) is 26.1 Å². The highest BCUT2D eigenvalue weighted by Gasteiger charge is 2.43. The van der Waals surface area contributed by atoms with Crippen LogP contribution < -0.4 is 25.6 Å². The molecular formula is C30H27F5N8O4S. The Balaban J connectivity index is 1.76. The second-order valence-corrected chi connectivity index (χ2v) is 11.6. The molecule has 5 rings (SSSR count). The highest BCUT2D eigenvalue weighted by Crippen LogP contribution is 2.44. The number of fused-ring (bicyclic) bond motifs is 1. The second-order valence-electron chi connectivity index (χ2n) is 10.7. The number of halogens is 5. The third-order valence-corrected chi connectivity index (χ3v) is 7.66. The SMILES string of the molecule is Cc1ccc(C(=O)Nc2nccs2)c(OC(=O)C(F)(F)F)c1-c1nc(NCCCN(C)C)nc2c1CNC(=O)N2c1c(F)cccc1F. The smallest absolute Gasteiger partial charge is 0.418 e. The van der Waals surface area contributed by atoms with Gasteiger partial charge in [0.1, 0.15) is 17.3 Å². The third kappa shape index (κ3) is 7.18. The largest absolute Gasteiger partial charge is 0.491 e. The number of thiazole rings is 1. The molecule has 1 aliphatic rings. The first kappa shape index (κ1) is 34.1. The minimum absolute atomic E-state index is 0.000911. The molecule has 2 aromatic heterocycles. The number of nitrogens with one attached hydrogen (secondary N) is 3. The number of amides is 3. The first-order valence-electron chi connectivity index (χ1n) is 14.2. The Morgan fingerprint density at radius 3 is 2.50 bits per heavy atom. The summed E-state index contributed by atoms with van der Waals surface area (Å²) in [6.45, 7) is 2.05. The van der Waals surface area contributed by atoms with Crippen LogP contribution in [0, 0.1) is 18.6 Å². The van der Waals surface area contributed by atoms with Crippen molar-refractivity contribution in [1.29, 1.82) is 0 Å².